The first-order valence-electron chi connectivity index (χ1n) is 5.29. The van der Waals surface area contributed by atoms with Crippen LogP contribution in [0.15, 0.2) is 36.4 Å². The molecule has 0 aliphatic rings. The summed E-state index contributed by atoms with van der Waals surface area (Å²) >= 11 is 11.7. The Morgan fingerprint density at radius 2 is 1.89 bits per heavy atom. The molecule has 0 aliphatic heterocycles. The molecular weight excluding hydrogens is 274 g/mol. The van der Waals surface area contributed by atoms with E-state index in [9.17, 15) is 4.39 Å². The lowest BCUT2D eigenvalue weighted by atomic mass is 10.2. The molecule has 18 heavy (non-hydrogen) atoms. The highest BCUT2D eigenvalue weighted by atomic mass is 35.5. The van der Waals surface area contributed by atoms with Crippen LogP contribution in [-0.2, 0) is 6.54 Å². The van der Waals surface area contributed by atoms with Gasteiger partial charge in [0, 0.05) is 16.6 Å². The van der Waals surface area contributed by atoms with Gasteiger partial charge in [-0.3, -0.25) is 0 Å². The Hall–Kier alpha value is -1.45. The van der Waals surface area contributed by atoms with Gasteiger partial charge in [-0.2, -0.15) is 0 Å². The van der Waals surface area contributed by atoms with Gasteiger partial charge >= 0.3 is 0 Å². The van der Waals surface area contributed by atoms with Crippen LogP contribution in [0.25, 0.3) is 0 Å². The van der Waals surface area contributed by atoms with Crippen LogP contribution in [0.2, 0.25) is 10.0 Å². The zero-order chi connectivity index (χ0) is 13.1. The zero-order valence-electron chi connectivity index (χ0n) is 9.38. The first kappa shape index (κ1) is 13.0. The highest BCUT2D eigenvalue weighted by molar-refractivity contribution is 6.31. The van der Waals surface area contributed by atoms with Gasteiger partial charge in [0.1, 0.15) is 5.82 Å². The summed E-state index contributed by atoms with van der Waals surface area (Å²) in [6, 6.07) is 9.48. The average molecular weight is 285 g/mol. The van der Waals surface area contributed by atoms with Gasteiger partial charge in [0.2, 0.25) is 0 Å². The highest BCUT2D eigenvalue weighted by Gasteiger charge is 2.04. The molecule has 94 valence electrons. The zero-order valence-corrected chi connectivity index (χ0v) is 10.9. The topological polar surface area (TPSA) is 38.0 Å². The molecule has 0 fully saturated rings. The first-order chi connectivity index (χ1) is 8.56. The van der Waals surface area contributed by atoms with Crippen molar-refractivity contribution in [2.24, 2.45) is 0 Å². The lowest BCUT2D eigenvalue weighted by Gasteiger charge is -2.10. The molecule has 2 aromatic carbocycles. The van der Waals surface area contributed by atoms with Gasteiger partial charge in [-0.25, -0.2) is 4.39 Å². The lowest BCUT2D eigenvalue weighted by molar-refractivity contribution is 0.627. The normalized spacial score (nSPS) is 10.4. The van der Waals surface area contributed by atoms with E-state index in [0.29, 0.717) is 22.3 Å². The van der Waals surface area contributed by atoms with Crippen molar-refractivity contribution in [3.63, 3.8) is 0 Å². The molecule has 0 atom stereocenters. The summed E-state index contributed by atoms with van der Waals surface area (Å²) < 4.78 is 12.9. The molecule has 2 rings (SSSR count). The monoisotopic (exact) mass is 284 g/mol. The quantitative estimate of drug-likeness (QED) is 0.824. The summed E-state index contributed by atoms with van der Waals surface area (Å²) in [7, 11) is 0. The van der Waals surface area contributed by atoms with Crippen molar-refractivity contribution in [3.8, 4) is 0 Å². The fourth-order valence-electron chi connectivity index (χ4n) is 1.55. The van der Waals surface area contributed by atoms with Gasteiger partial charge in [0.15, 0.2) is 0 Å². The van der Waals surface area contributed by atoms with E-state index < -0.39 is 0 Å². The molecule has 0 bridgehead atoms. The van der Waals surface area contributed by atoms with E-state index in [1.165, 1.54) is 12.1 Å². The van der Waals surface area contributed by atoms with Crippen LogP contribution < -0.4 is 11.1 Å². The molecule has 0 aromatic heterocycles. The van der Waals surface area contributed by atoms with Crippen LogP contribution >= 0.6 is 23.2 Å². The predicted octanol–water partition coefficient (Wildman–Crippen LogP) is 4.33. The number of rotatable bonds is 3. The van der Waals surface area contributed by atoms with Crippen molar-refractivity contribution in [2.45, 2.75) is 6.54 Å². The highest BCUT2D eigenvalue weighted by Crippen LogP contribution is 2.24. The third-order valence-corrected chi connectivity index (χ3v) is 3.08. The van der Waals surface area contributed by atoms with E-state index >= 15 is 0 Å². The Kier molecular flexibility index (Phi) is 3.94. The summed E-state index contributed by atoms with van der Waals surface area (Å²) in [5.41, 5.74) is 7.93. The molecule has 2 aromatic rings. The van der Waals surface area contributed by atoms with Crippen molar-refractivity contribution in [3.05, 3.63) is 57.8 Å². The lowest BCUT2D eigenvalue weighted by Crippen LogP contribution is -2.03. The van der Waals surface area contributed by atoms with E-state index in [4.69, 9.17) is 28.9 Å². The Balaban J connectivity index is 2.11. The van der Waals surface area contributed by atoms with Gasteiger partial charge < -0.3 is 11.1 Å². The Morgan fingerprint density at radius 1 is 1.11 bits per heavy atom. The molecule has 0 radical (unpaired) electrons. The van der Waals surface area contributed by atoms with E-state index in [1.54, 1.807) is 24.3 Å². The summed E-state index contributed by atoms with van der Waals surface area (Å²) in [6.45, 7) is 0.463. The molecule has 2 nitrogen and oxygen atoms in total. The molecule has 0 amide bonds. The number of hydrogen-bond donors (Lipinski definition) is 2. The minimum absolute atomic E-state index is 0.352. The van der Waals surface area contributed by atoms with E-state index in [-0.39, 0.29) is 5.82 Å². The smallest absolute Gasteiger partial charge is 0.124 e. The third-order valence-electron chi connectivity index (χ3n) is 2.50. The number of nitrogens with one attached hydrogen (secondary N) is 1. The second-order valence-electron chi connectivity index (χ2n) is 3.82. The Bertz CT molecular complexity index is 521. The summed E-state index contributed by atoms with van der Waals surface area (Å²) in [5, 5.41) is 4.09. The van der Waals surface area contributed by atoms with E-state index in [0.717, 1.165) is 11.3 Å². The number of nitrogens with two attached hydrogens (primary N) is 1. The number of benzene rings is 2. The molecule has 0 spiro atoms. The molecule has 0 saturated heterocycles. The summed E-state index contributed by atoms with van der Waals surface area (Å²) in [4.78, 5) is 0. The summed E-state index contributed by atoms with van der Waals surface area (Å²) in [5.74, 6) is -0.352. The van der Waals surface area contributed by atoms with Crippen LogP contribution in [0.1, 0.15) is 5.56 Å². The van der Waals surface area contributed by atoms with Gasteiger partial charge in [-0.05, 0) is 35.9 Å². The number of anilines is 2. The predicted molar refractivity (Wildman–Crippen MR) is 74.6 cm³/mol. The SMILES string of the molecule is Nc1cc(Cl)ccc1NCc1ccc(F)cc1Cl. The van der Waals surface area contributed by atoms with Crippen molar-refractivity contribution < 1.29 is 4.39 Å². The van der Waals surface area contributed by atoms with Crippen LogP contribution in [0.3, 0.4) is 0 Å². The standard InChI is InChI=1S/C13H11Cl2FN2/c14-9-2-4-13(12(17)5-9)18-7-8-1-3-10(16)6-11(8)15/h1-6,18H,7,17H2. The second-order valence-corrected chi connectivity index (χ2v) is 4.66. The van der Waals surface area contributed by atoms with Crippen molar-refractivity contribution in [1.82, 2.24) is 0 Å². The fourth-order valence-corrected chi connectivity index (χ4v) is 1.96. The van der Waals surface area contributed by atoms with Crippen molar-refractivity contribution in [2.75, 3.05) is 11.1 Å². The Morgan fingerprint density at radius 3 is 2.56 bits per heavy atom. The maximum atomic E-state index is 12.9. The van der Waals surface area contributed by atoms with Gasteiger partial charge in [-0.1, -0.05) is 29.3 Å². The maximum Gasteiger partial charge on any atom is 0.124 e. The minimum Gasteiger partial charge on any atom is -0.397 e. The second kappa shape index (κ2) is 5.46. The van der Waals surface area contributed by atoms with Crippen LogP contribution in [0.5, 0.6) is 0 Å². The fraction of sp³-hybridized carbons (Fsp3) is 0.0769. The average Bonchev–Trinajstić information content (AvgIpc) is 2.30. The molecule has 0 unspecified atom stereocenters. The minimum atomic E-state index is -0.352. The van der Waals surface area contributed by atoms with Crippen LogP contribution in [0.4, 0.5) is 15.8 Å². The van der Waals surface area contributed by atoms with Gasteiger partial charge in [-0.15, -0.1) is 0 Å². The largest absolute Gasteiger partial charge is 0.397 e. The number of halogens is 3. The maximum absolute atomic E-state index is 12.9. The number of nitrogen functional groups attached to an aromatic ring is 1. The molecule has 0 saturated carbocycles. The molecular formula is C13H11Cl2FN2. The molecule has 5 heteroatoms. The van der Waals surface area contributed by atoms with Crippen molar-refractivity contribution >= 4 is 34.6 Å². The van der Waals surface area contributed by atoms with Gasteiger partial charge in [0.25, 0.3) is 0 Å². The van der Waals surface area contributed by atoms with Gasteiger partial charge in [0.05, 0.1) is 11.4 Å². The molecule has 0 heterocycles. The van der Waals surface area contributed by atoms with E-state index in [1.807, 2.05) is 0 Å². The first-order valence-corrected chi connectivity index (χ1v) is 6.04. The van der Waals surface area contributed by atoms with Crippen LogP contribution in [-0.4, -0.2) is 0 Å². The van der Waals surface area contributed by atoms with Crippen LogP contribution in [0, 0.1) is 5.82 Å². The summed E-state index contributed by atoms with van der Waals surface area (Å²) in [6.07, 6.45) is 0. The molecule has 0 aliphatic carbocycles. The van der Waals surface area contributed by atoms with Crippen molar-refractivity contribution in [1.29, 1.82) is 0 Å². The third kappa shape index (κ3) is 3.06. The number of hydrogen-bond acceptors (Lipinski definition) is 2. The molecule has 3 N–H and O–H groups in total. The van der Waals surface area contributed by atoms with E-state index in [2.05, 4.69) is 5.32 Å². The Labute approximate surface area is 115 Å².